The molecule has 0 bridgehead atoms. The molecule has 3 aromatic rings. The average molecular weight is 261 g/mol. The molecule has 0 aliphatic heterocycles. The first-order valence-electron chi connectivity index (χ1n) is 5.33. The molecule has 5 nitrogen and oxygen atoms in total. The lowest BCUT2D eigenvalue weighted by molar-refractivity contribution is 0.561. The van der Waals surface area contributed by atoms with E-state index in [-0.39, 0.29) is 5.28 Å². The van der Waals surface area contributed by atoms with Crippen LogP contribution in [0.3, 0.4) is 0 Å². The maximum atomic E-state index is 5.72. The Morgan fingerprint density at radius 3 is 2.94 bits per heavy atom. The number of nitrogens with zero attached hydrogens (tertiary/aromatic N) is 3. The number of halogens is 1. The predicted molar refractivity (Wildman–Crippen MR) is 69.1 cm³/mol. The van der Waals surface area contributed by atoms with Crippen LogP contribution in [-0.2, 0) is 0 Å². The summed E-state index contributed by atoms with van der Waals surface area (Å²) in [7, 11) is 0. The second-order valence-electron chi connectivity index (χ2n) is 3.75. The number of aryl methyl sites for hydroxylation is 1. The van der Waals surface area contributed by atoms with Crippen LogP contribution in [0.15, 0.2) is 34.9 Å². The Bertz CT molecular complexity index is 710. The fourth-order valence-electron chi connectivity index (χ4n) is 1.67. The number of hydrogen-bond acceptors (Lipinski definition) is 5. The summed E-state index contributed by atoms with van der Waals surface area (Å²) in [5, 5.41) is 3.33. The normalized spacial score (nSPS) is 10.8. The Morgan fingerprint density at radius 1 is 1.22 bits per heavy atom. The zero-order valence-corrected chi connectivity index (χ0v) is 10.3. The van der Waals surface area contributed by atoms with Crippen molar-refractivity contribution in [3.05, 3.63) is 41.6 Å². The highest BCUT2D eigenvalue weighted by Gasteiger charge is 2.04. The lowest BCUT2D eigenvalue weighted by atomic mass is 10.3. The fraction of sp³-hybridized carbons (Fsp3) is 0.0833. The highest BCUT2D eigenvalue weighted by molar-refractivity contribution is 6.28. The van der Waals surface area contributed by atoms with Crippen LogP contribution in [0.1, 0.15) is 5.89 Å². The molecule has 3 rings (SSSR count). The van der Waals surface area contributed by atoms with Crippen LogP contribution >= 0.6 is 11.6 Å². The molecule has 0 amide bonds. The van der Waals surface area contributed by atoms with Gasteiger partial charge in [0.1, 0.15) is 11.3 Å². The van der Waals surface area contributed by atoms with E-state index in [0.29, 0.717) is 11.7 Å². The molecule has 2 heterocycles. The van der Waals surface area contributed by atoms with E-state index < -0.39 is 0 Å². The number of oxazole rings is 1. The van der Waals surface area contributed by atoms with Gasteiger partial charge >= 0.3 is 0 Å². The van der Waals surface area contributed by atoms with Gasteiger partial charge < -0.3 is 9.73 Å². The van der Waals surface area contributed by atoms with E-state index >= 15 is 0 Å². The molecule has 0 aliphatic carbocycles. The summed E-state index contributed by atoms with van der Waals surface area (Å²) < 4.78 is 5.46. The second kappa shape index (κ2) is 4.27. The van der Waals surface area contributed by atoms with Crippen molar-refractivity contribution in [3.63, 3.8) is 0 Å². The van der Waals surface area contributed by atoms with Crippen molar-refractivity contribution in [2.45, 2.75) is 6.92 Å². The molecule has 1 aromatic carbocycles. The van der Waals surface area contributed by atoms with Gasteiger partial charge in [-0.2, -0.15) is 0 Å². The smallest absolute Gasteiger partial charge is 0.224 e. The van der Waals surface area contributed by atoms with Gasteiger partial charge in [-0.1, -0.05) is 0 Å². The van der Waals surface area contributed by atoms with Crippen LogP contribution in [0.2, 0.25) is 5.28 Å². The van der Waals surface area contributed by atoms with Crippen molar-refractivity contribution in [2.75, 3.05) is 5.32 Å². The van der Waals surface area contributed by atoms with Crippen LogP contribution in [-0.4, -0.2) is 15.0 Å². The molecule has 18 heavy (non-hydrogen) atoms. The average Bonchev–Trinajstić information content (AvgIpc) is 2.68. The summed E-state index contributed by atoms with van der Waals surface area (Å²) in [6.07, 6.45) is 1.59. The third-order valence-electron chi connectivity index (χ3n) is 2.39. The van der Waals surface area contributed by atoms with Crippen molar-refractivity contribution in [2.24, 2.45) is 0 Å². The van der Waals surface area contributed by atoms with Crippen LogP contribution in [0, 0.1) is 6.92 Å². The number of aromatic nitrogens is 3. The molecule has 90 valence electrons. The van der Waals surface area contributed by atoms with E-state index in [4.69, 9.17) is 16.0 Å². The Hall–Kier alpha value is -2.14. The van der Waals surface area contributed by atoms with Gasteiger partial charge in [-0.3, -0.25) is 0 Å². The lowest BCUT2D eigenvalue weighted by Gasteiger charge is -2.04. The number of anilines is 2. The Kier molecular flexibility index (Phi) is 2.60. The van der Waals surface area contributed by atoms with E-state index in [1.807, 2.05) is 25.1 Å². The molecular formula is C12H9ClN4O. The van der Waals surface area contributed by atoms with Crippen molar-refractivity contribution < 1.29 is 4.42 Å². The van der Waals surface area contributed by atoms with Crippen LogP contribution in [0.5, 0.6) is 0 Å². The van der Waals surface area contributed by atoms with Crippen molar-refractivity contribution in [1.29, 1.82) is 0 Å². The summed E-state index contributed by atoms with van der Waals surface area (Å²) in [5.41, 5.74) is 2.42. The van der Waals surface area contributed by atoms with Gasteiger partial charge in [0.2, 0.25) is 5.28 Å². The Balaban J connectivity index is 1.94. The number of benzene rings is 1. The maximum Gasteiger partial charge on any atom is 0.224 e. The first-order chi connectivity index (χ1) is 8.70. The number of hydrogen-bond donors (Lipinski definition) is 1. The molecule has 0 saturated carbocycles. The van der Waals surface area contributed by atoms with E-state index in [1.54, 1.807) is 12.3 Å². The minimum absolute atomic E-state index is 0.205. The van der Waals surface area contributed by atoms with Gasteiger partial charge in [0, 0.05) is 24.9 Å². The van der Waals surface area contributed by atoms with E-state index in [0.717, 1.165) is 16.8 Å². The minimum Gasteiger partial charge on any atom is -0.441 e. The maximum absolute atomic E-state index is 5.72. The van der Waals surface area contributed by atoms with E-state index in [2.05, 4.69) is 20.3 Å². The van der Waals surface area contributed by atoms with E-state index in [1.165, 1.54) is 0 Å². The summed E-state index contributed by atoms with van der Waals surface area (Å²) in [6, 6.07) is 7.39. The third-order valence-corrected chi connectivity index (χ3v) is 2.58. The SMILES string of the molecule is Cc1nc2ccc(Nc3ccnc(Cl)n3)cc2o1. The summed E-state index contributed by atoms with van der Waals surface area (Å²) in [5.74, 6) is 1.28. The molecular weight excluding hydrogens is 252 g/mol. The molecule has 1 N–H and O–H groups in total. The fourth-order valence-corrected chi connectivity index (χ4v) is 1.82. The summed E-state index contributed by atoms with van der Waals surface area (Å²) >= 11 is 5.72. The number of rotatable bonds is 2. The monoisotopic (exact) mass is 260 g/mol. The summed E-state index contributed by atoms with van der Waals surface area (Å²) in [4.78, 5) is 12.1. The number of fused-ring (bicyclic) bond motifs is 1. The molecule has 0 saturated heterocycles. The van der Waals surface area contributed by atoms with Crippen molar-refractivity contribution in [3.8, 4) is 0 Å². The topological polar surface area (TPSA) is 63.8 Å². The molecule has 0 fully saturated rings. The van der Waals surface area contributed by atoms with Crippen molar-refractivity contribution >= 4 is 34.2 Å². The molecule has 2 aromatic heterocycles. The van der Waals surface area contributed by atoms with Gasteiger partial charge in [-0.25, -0.2) is 15.0 Å². The Labute approximate surface area is 108 Å². The zero-order valence-electron chi connectivity index (χ0n) is 9.51. The van der Waals surface area contributed by atoms with Gasteiger partial charge in [0.15, 0.2) is 11.5 Å². The number of nitrogens with one attached hydrogen (secondary N) is 1. The van der Waals surface area contributed by atoms with Gasteiger partial charge in [-0.15, -0.1) is 0 Å². The van der Waals surface area contributed by atoms with Crippen molar-refractivity contribution in [1.82, 2.24) is 15.0 Å². The van der Waals surface area contributed by atoms with E-state index in [9.17, 15) is 0 Å². The molecule has 0 atom stereocenters. The molecule has 0 unspecified atom stereocenters. The molecule has 0 aliphatic rings. The molecule has 6 heteroatoms. The van der Waals surface area contributed by atoms with Crippen LogP contribution < -0.4 is 5.32 Å². The predicted octanol–water partition coefficient (Wildman–Crippen LogP) is 3.32. The zero-order chi connectivity index (χ0) is 12.5. The highest BCUT2D eigenvalue weighted by atomic mass is 35.5. The van der Waals surface area contributed by atoms with Crippen LogP contribution in [0.25, 0.3) is 11.1 Å². The second-order valence-corrected chi connectivity index (χ2v) is 4.09. The first kappa shape index (κ1) is 11.0. The first-order valence-corrected chi connectivity index (χ1v) is 5.71. The Morgan fingerprint density at radius 2 is 2.11 bits per heavy atom. The highest BCUT2D eigenvalue weighted by Crippen LogP contribution is 2.22. The van der Waals surface area contributed by atoms with Gasteiger partial charge in [0.25, 0.3) is 0 Å². The lowest BCUT2D eigenvalue weighted by Crippen LogP contribution is -1.94. The minimum atomic E-state index is 0.205. The van der Waals surface area contributed by atoms with Gasteiger partial charge in [-0.05, 0) is 29.8 Å². The summed E-state index contributed by atoms with van der Waals surface area (Å²) in [6.45, 7) is 1.82. The van der Waals surface area contributed by atoms with Crippen LogP contribution in [0.4, 0.5) is 11.5 Å². The van der Waals surface area contributed by atoms with Gasteiger partial charge in [0.05, 0.1) is 0 Å². The quantitative estimate of drug-likeness (QED) is 0.716. The largest absolute Gasteiger partial charge is 0.441 e. The third kappa shape index (κ3) is 2.12. The standard InChI is InChI=1S/C12H9ClN4O/c1-7-15-9-3-2-8(6-10(9)18-7)16-11-4-5-14-12(13)17-11/h2-6H,1H3,(H,14,16,17). The molecule has 0 spiro atoms. The molecule has 0 radical (unpaired) electrons.